The predicted octanol–water partition coefficient (Wildman–Crippen LogP) is 1.75. The molecule has 0 radical (unpaired) electrons. The molecule has 0 aromatic carbocycles. The first-order chi connectivity index (χ1) is 3.91. The molecule has 1 aliphatic rings. The fraction of sp³-hybridized carbons (Fsp3) is 0.375. The molecule has 0 saturated heterocycles. The van der Waals surface area contributed by atoms with Gasteiger partial charge in [0.2, 0.25) is 0 Å². The second-order valence-electron chi connectivity index (χ2n) is 1.32. The quantitative estimate of drug-likeness (QED) is 0.534. The molecule has 1 nitrogen and oxygen atoms in total. The summed E-state index contributed by atoms with van der Waals surface area (Å²) in [7, 11) is 0. The third kappa shape index (κ3) is 15.7. The fourth-order valence-corrected chi connectivity index (χ4v) is 0.340. The Morgan fingerprint density at radius 2 is 2.10 bits per heavy atom. The van der Waals surface area contributed by atoms with E-state index >= 15 is 0 Å². The zero-order valence-electron chi connectivity index (χ0n) is 6.59. The molecule has 0 saturated carbocycles. The van der Waals surface area contributed by atoms with Crippen LogP contribution in [0.2, 0.25) is 0 Å². The van der Waals surface area contributed by atoms with Gasteiger partial charge >= 0.3 is 0 Å². The van der Waals surface area contributed by atoms with E-state index in [1.807, 2.05) is 12.2 Å². The van der Waals surface area contributed by atoms with Crippen molar-refractivity contribution < 1.29 is 30.9 Å². The van der Waals surface area contributed by atoms with Crippen LogP contribution < -0.4 is 0 Å². The molecule has 58 valence electrons. The van der Waals surface area contributed by atoms with Crippen LogP contribution >= 0.6 is 0 Å². The number of hydrogen-bond acceptors (Lipinski definition) is 1. The van der Waals surface area contributed by atoms with E-state index in [0.29, 0.717) is 0 Å². The Balaban J connectivity index is -0.0000000900. The number of hydrogen-bond donors (Lipinski definition) is 1. The third-order valence-electron chi connectivity index (χ3n) is 0.586. The largest absolute Gasteiger partial charge is 0.397 e. The second-order valence-corrected chi connectivity index (χ2v) is 1.32. The van der Waals surface area contributed by atoms with Gasteiger partial charge in [-0.15, -0.1) is 6.42 Å². The first kappa shape index (κ1) is 16.7. The van der Waals surface area contributed by atoms with Gasteiger partial charge in [-0.1, -0.05) is 0 Å². The maximum absolute atomic E-state index is 7.57. The van der Waals surface area contributed by atoms with E-state index in [4.69, 9.17) is 5.11 Å². The molecule has 0 aromatic rings. The van der Waals surface area contributed by atoms with Gasteiger partial charge in [0.05, 0.1) is 0 Å². The van der Waals surface area contributed by atoms with E-state index in [9.17, 15) is 0 Å². The molecule has 1 rings (SSSR count). The van der Waals surface area contributed by atoms with Crippen LogP contribution in [-0.4, -0.2) is 11.7 Å². The van der Waals surface area contributed by atoms with Gasteiger partial charge in [0.15, 0.2) is 0 Å². The van der Waals surface area contributed by atoms with E-state index in [-0.39, 0.29) is 39.9 Å². The van der Waals surface area contributed by atoms with Gasteiger partial charge in [0.25, 0.3) is 0 Å². The summed E-state index contributed by atoms with van der Waals surface area (Å²) in [6, 6.07) is 0. The van der Waals surface area contributed by atoms with E-state index in [1.54, 1.807) is 6.92 Å². The van der Waals surface area contributed by atoms with Crippen LogP contribution in [0.5, 0.6) is 0 Å². The molecular weight excluding hydrogens is 291 g/mol. The Morgan fingerprint density at radius 1 is 1.60 bits per heavy atom. The smallest absolute Gasteiger partial charge is 0.0402 e. The molecule has 0 heterocycles. The first-order valence-electron chi connectivity index (χ1n) is 2.74. The third-order valence-corrected chi connectivity index (χ3v) is 0.586. The summed E-state index contributed by atoms with van der Waals surface area (Å²) < 4.78 is 0. The summed E-state index contributed by atoms with van der Waals surface area (Å²) in [5.41, 5.74) is 0. The van der Waals surface area contributed by atoms with Crippen LogP contribution in [0.4, 0.5) is 0 Å². The fourth-order valence-electron chi connectivity index (χ4n) is 0.340. The molecule has 0 aliphatic heterocycles. The number of aliphatic hydroxyl groups is 1. The van der Waals surface area contributed by atoms with Crippen LogP contribution in [0, 0.1) is 13.5 Å². The SMILES string of the molecule is CCO.[C-]1=CC=CC1.[CH3-].[Hf]. The summed E-state index contributed by atoms with van der Waals surface area (Å²) in [5, 5.41) is 7.57. The van der Waals surface area contributed by atoms with Crippen molar-refractivity contribution in [3.8, 4) is 0 Å². The topological polar surface area (TPSA) is 20.2 Å². The summed E-state index contributed by atoms with van der Waals surface area (Å²) in [4.78, 5) is 0. The number of rotatable bonds is 0. The average Bonchev–Trinajstić information content (AvgIpc) is 2.17. The standard InChI is InChI=1S/C5H5.C2H6O.CH3.Hf/c1-2-4-5-3-1;1-2-3;;/h1-3H,4H2;3H,2H2,1H3;1H3;/q-1;;-1;. The summed E-state index contributed by atoms with van der Waals surface area (Å²) >= 11 is 0. The van der Waals surface area contributed by atoms with Gasteiger partial charge in [0.1, 0.15) is 0 Å². The molecule has 0 aromatic heterocycles. The second kappa shape index (κ2) is 16.1. The Hall–Kier alpha value is 0.310. The molecule has 2 heteroatoms. The van der Waals surface area contributed by atoms with Crippen molar-refractivity contribution in [2.75, 3.05) is 6.61 Å². The van der Waals surface area contributed by atoms with Gasteiger partial charge in [-0.25, -0.2) is 12.2 Å². The molecule has 1 aliphatic carbocycles. The molecule has 0 unspecified atom stereocenters. The maximum Gasteiger partial charge on any atom is 0.0402 e. The van der Waals surface area contributed by atoms with Crippen molar-refractivity contribution in [1.82, 2.24) is 0 Å². The predicted molar refractivity (Wildman–Crippen MR) is 40.7 cm³/mol. The van der Waals surface area contributed by atoms with E-state index < -0.39 is 0 Å². The first-order valence-corrected chi connectivity index (χ1v) is 2.74. The van der Waals surface area contributed by atoms with Crippen molar-refractivity contribution in [3.63, 3.8) is 0 Å². The van der Waals surface area contributed by atoms with Crippen LogP contribution in [-0.2, 0) is 25.8 Å². The van der Waals surface area contributed by atoms with Gasteiger partial charge in [-0.3, -0.25) is 6.08 Å². The Morgan fingerprint density at radius 3 is 2.20 bits per heavy atom. The Bertz CT molecular complexity index is 77.3. The molecule has 0 spiro atoms. The van der Waals surface area contributed by atoms with Crippen LogP contribution in [0.3, 0.4) is 0 Å². The zero-order chi connectivity index (χ0) is 6.24. The Kier molecular flexibility index (Phi) is 27.0. The Labute approximate surface area is 82.6 Å². The summed E-state index contributed by atoms with van der Waals surface area (Å²) in [6.45, 7) is 1.93. The van der Waals surface area contributed by atoms with Crippen molar-refractivity contribution in [2.45, 2.75) is 13.3 Å². The molecule has 10 heavy (non-hydrogen) atoms. The average molecular weight is 305 g/mol. The summed E-state index contributed by atoms with van der Waals surface area (Å²) in [5.74, 6) is 0. The van der Waals surface area contributed by atoms with Gasteiger partial charge in [-0.05, 0) is 6.92 Å². The van der Waals surface area contributed by atoms with Crippen LogP contribution in [0.15, 0.2) is 18.2 Å². The minimum atomic E-state index is 0. The van der Waals surface area contributed by atoms with Gasteiger partial charge in [0, 0.05) is 32.5 Å². The number of aliphatic hydroxyl groups excluding tert-OH is 1. The molecule has 0 atom stereocenters. The van der Waals surface area contributed by atoms with Crippen LogP contribution in [0.1, 0.15) is 13.3 Å². The van der Waals surface area contributed by atoms with Crippen molar-refractivity contribution >= 4 is 0 Å². The maximum atomic E-state index is 7.57. The monoisotopic (exact) mass is 306 g/mol. The van der Waals surface area contributed by atoms with Crippen molar-refractivity contribution in [1.29, 1.82) is 0 Å². The van der Waals surface area contributed by atoms with E-state index in [2.05, 4.69) is 12.2 Å². The molecular formula is C8H14HfO-2. The van der Waals surface area contributed by atoms with Crippen molar-refractivity contribution in [3.05, 3.63) is 31.7 Å². The van der Waals surface area contributed by atoms with E-state index in [0.717, 1.165) is 6.42 Å². The molecule has 0 fully saturated rings. The summed E-state index contributed by atoms with van der Waals surface area (Å²) in [6.07, 6.45) is 10.0. The van der Waals surface area contributed by atoms with E-state index in [1.165, 1.54) is 0 Å². The van der Waals surface area contributed by atoms with Gasteiger partial charge in [-0.2, -0.15) is 6.08 Å². The minimum Gasteiger partial charge on any atom is -0.397 e. The molecule has 1 N–H and O–H groups in total. The van der Waals surface area contributed by atoms with Gasteiger partial charge < -0.3 is 12.5 Å². The normalized spacial score (nSPS) is 10.6. The van der Waals surface area contributed by atoms with Crippen LogP contribution in [0.25, 0.3) is 0 Å². The molecule has 0 amide bonds. The number of allylic oxidation sites excluding steroid dienone is 4. The zero-order valence-corrected chi connectivity index (χ0v) is 10.2. The van der Waals surface area contributed by atoms with Crippen molar-refractivity contribution in [2.24, 2.45) is 0 Å². The minimum absolute atomic E-state index is 0. The molecule has 0 bridgehead atoms.